The maximum atomic E-state index is 10.3. The van der Waals surface area contributed by atoms with Gasteiger partial charge >= 0.3 is 0 Å². The molecule has 0 spiro atoms. The number of benzene rings is 1. The third kappa shape index (κ3) is 3.09. The van der Waals surface area contributed by atoms with E-state index in [-0.39, 0.29) is 5.69 Å². The summed E-state index contributed by atoms with van der Waals surface area (Å²) in [7, 11) is 2.17. The summed E-state index contributed by atoms with van der Waals surface area (Å²) in [5.74, 6) is 0. The Morgan fingerprint density at radius 1 is 1.38 bits per heavy atom. The third-order valence-corrected chi connectivity index (χ3v) is 1.89. The van der Waals surface area contributed by atoms with Crippen LogP contribution in [0.5, 0.6) is 0 Å². The Morgan fingerprint density at radius 3 is 2.46 bits per heavy atom. The largest absolute Gasteiger partial charge is 0.365 e. The lowest BCUT2D eigenvalue weighted by Crippen LogP contribution is -1.92. The number of nitrogens with zero attached hydrogens (tertiary/aromatic N) is 1. The topological polar surface area (TPSA) is 52.4 Å². The van der Waals surface area contributed by atoms with E-state index in [1.165, 1.54) is 12.1 Å². The van der Waals surface area contributed by atoms with Crippen LogP contribution in [0.2, 0.25) is 0 Å². The average molecular weight is 199 g/mol. The second-order valence-corrected chi connectivity index (χ2v) is 2.88. The predicted octanol–water partition coefficient (Wildman–Crippen LogP) is 1.94. The third-order valence-electron chi connectivity index (χ3n) is 1.66. The molecule has 1 unspecified atom stereocenters. The molecule has 1 atom stereocenters. The zero-order valence-electron chi connectivity index (χ0n) is 6.97. The smallest absolute Gasteiger partial charge is 0.269 e. The second kappa shape index (κ2) is 4.90. The fourth-order valence-electron chi connectivity index (χ4n) is 0.961. The van der Waals surface area contributed by atoms with E-state index in [1.807, 2.05) is 0 Å². The van der Waals surface area contributed by atoms with E-state index in [2.05, 4.69) is 9.47 Å². The van der Waals surface area contributed by atoms with E-state index in [0.717, 1.165) is 12.0 Å². The maximum absolute atomic E-state index is 10.3. The van der Waals surface area contributed by atoms with Crippen molar-refractivity contribution in [2.75, 3.05) is 6.61 Å². The number of nitro benzene ring substituents is 1. The average Bonchev–Trinajstić information content (AvgIpc) is 2.15. The standard InChI is InChI=1S/C8H10NO3P/c10-9(11)8-3-1-7(2-4-8)5-6-12-13/h1-4H,5-6,13H2. The minimum atomic E-state index is -0.407. The molecule has 0 saturated heterocycles. The monoisotopic (exact) mass is 199 g/mol. The van der Waals surface area contributed by atoms with E-state index in [9.17, 15) is 10.1 Å². The summed E-state index contributed by atoms with van der Waals surface area (Å²) in [4.78, 5) is 9.90. The molecule has 5 heteroatoms. The molecule has 70 valence electrons. The van der Waals surface area contributed by atoms with Gasteiger partial charge in [0.15, 0.2) is 0 Å². The van der Waals surface area contributed by atoms with Crippen LogP contribution < -0.4 is 0 Å². The van der Waals surface area contributed by atoms with Crippen molar-refractivity contribution in [1.82, 2.24) is 0 Å². The molecule has 0 aliphatic carbocycles. The van der Waals surface area contributed by atoms with Crippen LogP contribution in [0, 0.1) is 10.1 Å². The van der Waals surface area contributed by atoms with Gasteiger partial charge in [0.1, 0.15) is 0 Å². The molecule has 13 heavy (non-hydrogen) atoms. The lowest BCUT2D eigenvalue weighted by Gasteiger charge is -1.98. The molecule has 0 heterocycles. The van der Waals surface area contributed by atoms with Crippen molar-refractivity contribution in [3.8, 4) is 0 Å². The first-order valence-corrected chi connectivity index (χ1v) is 4.26. The summed E-state index contributed by atoms with van der Waals surface area (Å²) >= 11 is 0. The Balaban J connectivity index is 2.64. The van der Waals surface area contributed by atoms with Gasteiger partial charge in [-0.05, 0) is 12.0 Å². The van der Waals surface area contributed by atoms with Gasteiger partial charge in [-0.1, -0.05) is 12.1 Å². The van der Waals surface area contributed by atoms with Gasteiger partial charge in [-0.25, -0.2) is 0 Å². The Morgan fingerprint density at radius 2 is 2.00 bits per heavy atom. The lowest BCUT2D eigenvalue weighted by molar-refractivity contribution is -0.384. The Labute approximate surface area is 78.3 Å². The fourth-order valence-corrected chi connectivity index (χ4v) is 1.08. The number of hydrogen-bond donors (Lipinski definition) is 0. The molecule has 1 aromatic carbocycles. The molecular formula is C8H10NO3P. The van der Waals surface area contributed by atoms with Crippen molar-refractivity contribution in [3.05, 3.63) is 39.9 Å². The maximum Gasteiger partial charge on any atom is 0.269 e. The zero-order chi connectivity index (χ0) is 9.68. The van der Waals surface area contributed by atoms with Crippen LogP contribution in [-0.2, 0) is 10.9 Å². The highest BCUT2D eigenvalue weighted by Crippen LogP contribution is 2.12. The summed E-state index contributed by atoms with van der Waals surface area (Å²) in [6.45, 7) is 0.600. The van der Waals surface area contributed by atoms with Gasteiger partial charge in [0.05, 0.1) is 11.5 Å². The van der Waals surface area contributed by atoms with Gasteiger partial charge in [0, 0.05) is 21.6 Å². The van der Waals surface area contributed by atoms with Gasteiger partial charge in [-0.15, -0.1) is 0 Å². The Hall–Kier alpha value is -0.990. The quantitative estimate of drug-likeness (QED) is 0.423. The van der Waals surface area contributed by atoms with Gasteiger partial charge < -0.3 is 4.52 Å². The number of non-ortho nitro benzene ring substituents is 1. The van der Waals surface area contributed by atoms with Gasteiger partial charge in [-0.3, -0.25) is 10.1 Å². The molecule has 0 aromatic heterocycles. The van der Waals surface area contributed by atoms with Crippen molar-refractivity contribution in [2.45, 2.75) is 6.42 Å². The molecule has 0 amide bonds. The highest BCUT2D eigenvalue weighted by molar-refractivity contribution is 7.09. The van der Waals surface area contributed by atoms with Crippen molar-refractivity contribution in [1.29, 1.82) is 0 Å². The summed E-state index contributed by atoms with van der Waals surface area (Å²) in [6, 6.07) is 6.47. The molecule has 1 aromatic rings. The summed E-state index contributed by atoms with van der Waals surface area (Å²) in [6.07, 6.45) is 0.765. The molecule has 0 radical (unpaired) electrons. The van der Waals surface area contributed by atoms with Crippen LogP contribution in [0.3, 0.4) is 0 Å². The summed E-state index contributed by atoms with van der Waals surface area (Å²) in [5.41, 5.74) is 1.16. The minimum absolute atomic E-state index is 0.121. The number of nitro groups is 1. The van der Waals surface area contributed by atoms with Gasteiger partial charge in [0.2, 0.25) is 0 Å². The van der Waals surface area contributed by atoms with E-state index < -0.39 is 4.92 Å². The van der Waals surface area contributed by atoms with Crippen molar-refractivity contribution in [2.24, 2.45) is 0 Å². The van der Waals surface area contributed by atoms with Crippen molar-refractivity contribution < 1.29 is 9.45 Å². The van der Waals surface area contributed by atoms with Crippen LogP contribution in [-0.4, -0.2) is 11.5 Å². The first-order valence-electron chi connectivity index (χ1n) is 3.79. The Bertz CT molecular complexity index is 286. The van der Waals surface area contributed by atoms with Crippen molar-refractivity contribution >= 4 is 15.2 Å². The highest BCUT2D eigenvalue weighted by atomic mass is 31.0. The first kappa shape index (κ1) is 10.1. The first-order chi connectivity index (χ1) is 6.24. The summed E-state index contributed by atoms with van der Waals surface area (Å²) in [5, 5.41) is 10.3. The van der Waals surface area contributed by atoms with E-state index in [0.29, 0.717) is 6.61 Å². The van der Waals surface area contributed by atoms with Gasteiger partial charge in [-0.2, -0.15) is 0 Å². The van der Waals surface area contributed by atoms with E-state index in [1.54, 1.807) is 12.1 Å². The minimum Gasteiger partial charge on any atom is -0.365 e. The molecule has 0 aliphatic heterocycles. The number of hydrogen-bond acceptors (Lipinski definition) is 3. The molecule has 0 fully saturated rings. The molecule has 1 rings (SSSR count). The Kier molecular flexibility index (Phi) is 3.80. The SMILES string of the molecule is O=[N+]([O-])c1ccc(CCOP)cc1. The summed E-state index contributed by atoms with van der Waals surface area (Å²) < 4.78 is 4.81. The van der Waals surface area contributed by atoms with Gasteiger partial charge in [0.25, 0.3) is 5.69 Å². The molecule has 0 aliphatic rings. The fraction of sp³-hybridized carbons (Fsp3) is 0.250. The van der Waals surface area contributed by atoms with Crippen LogP contribution >= 0.6 is 9.47 Å². The lowest BCUT2D eigenvalue weighted by atomic mass is 10.1. The number of rotatable bonds is 4. The normalized spacial score (nSPS) is 9.92. The molecule has 4 nitrogen and oxygen atoms in total. The van der Waals surface area contributed by atoms with E-state index >= 15 is 0 Å². The van der Waals surface area contributed by atoms with E-state index in [4.69, 9.17) is 4.52 Å². The molecule has 0 N–H and O–H groups in total. The van der Waals surface area contributed by atoms with Crippen molar-refractivity contribution in [3.63, 3.8) is 0 Å². The van der Waals surface area contributed by atoms with Crippen LogP contribution in [0.15, 0.2) is 24.3 Å². The second-order valence-electron chi connectivity index (χ2n) is 2.54. The highest BCUT2D eigenvalue weighted by Gasteiger charge is 2.02. The molecule has 0 bridgehead atoms. The molecule has 0 saturated carbocycles. The predicted molar refractivity (Wildman–Crippen MR) is 52.5 cm³/mol. The van der Waals surface area contributed by atoms with Crippen LogP contribution in [0.25, 0.3) is 0 Å². The molecular weight excluding hydrogens is 189 g/mol. The van der Waals surface area contributed by atoms with Crippen LogP contribution in [0.1, 0.15) is 5.56 Å². The zero-order valence-corrected chi connectivity index (χ0v) is 8.13. The van der Waals surface area contributed by atoms with Crippen LogP contribution in [0.4, 0.5) is 5.69 Å².